The maximum absolute atomic E-state index is 14.0. The van der Waals surface area contributed by atoms with E-state index in [1.54, 1.807) is 20.8 Å². The van der Waals surface area contributed by atoms with Crippen LogP contribution in [0, 0.1) is 11.3 Å². The van der Waals surface area contributed by atoms with Crippen molar-refractivity contribution >= 4 is 46.4 Å². The van der Waals surface area contributed by atoms with E-state index in [4.69, 9.17) is 14.6 Å². The van der Waals surface area contributed by atoms with Gasteiger partial charge in [-0.25, -0.2) is 5.43 Å². The minimum atomic E-state index is -1.12. The lowest BCUT2D eigenvalue weighted by Crippen LogP contribution is -2.61. The number of oxime groups is 1. The molecule has 1 aliphatic carbocycles. The van der Waals surface area contributed by atoms with Gasteiger partial charge in [0.05, 0.1) is 28.4 Å². The highest BCUT2D eigenvalue weighted by Crippen LogP contribution is 2.39. The number of pyridine rings is 1. The fourth-order valence-corrected chi connectivity index (χ4v) is 6.23. The summed E-state index contributed by atoms with van der Waals surface area (Å²) in [6.07, 6.45) is 5.75. The minimum Gasteiger partial charge on any atom is -0.451 e. The van der Waals surface area contributed by atoms with Crippen molar-refractivity contribution in [1.29, 1.82) is 0 Å². The van der Waals surface area contributed by atoms with Crippen LogP contribution >= 0.6 is 0 Å². The highest BCUT2D eigenvalue weighted by Gasteiger charge is 2.43. The number of benzene rings is 1. The van der Waals surface area contributed by atoms with E-state index in [2.05, 4.69) is 21.2 Å². The molecule has 3 N–H and O–H groups in total. The summed E-state index contributed by atoms with van der Waals surface area (Å²) in [6.45, 7) is 7.44. The Hall–Kier alpha value is -4.32. The highest BCUT2D eigenvalue weighted by atomic mass is 16.6. The molecule has 12 heteroatoms. The first-order valence-corrected chi connectivity index (χ1v) is 16.1. The van der Waals surface area contributed by atoms with Gasteiger partial charge in [0.2, 0.25) is 5.91 Å². The summed E-state index contributed by atoms with van der Waals surface area (Å²) in [5, 5.41) is 12.2. The minimum absolute atomic E-state index is 0.241. The van der Waals surface area contributed by atoms with E-state index >= 15 is 0 Å². The van der Waals surface area contributed by atoms with Gasteiger partial charge in [-0.15, -0.1) is 0 Å². The van der Waals surface area contributed by atoms with Crippen molar-refractivity contribution in [3.8, 4) is 0 Å². The SMILES string of the molecule is CON=C1CCC2(C=Cc3ccc4ccc(nc4c3)C(C)NC(=O)C3CCCN(N3)C(=O)C(C)NC(=O)C(C(C)C)OC2=O)CC1. The van der Waals surface area contributed by atoms with E-state index < -0.39 is 35.5 Å². The van der Waals surface area contributed by atoms with Crippen LogP contribution in [0.1, 0.15) is 83.5 Å². The molecule has 1 spiro atoms. The number of cyclic esters (lactones) is 1. The molecule has 12 nitrogen and oxygen atoms in total. The molecule has 5 rings (SSSR count). The first-order valence-electron chi connectivity index (χ1n) is 16.1. The summed E-state index contributed by atoms with van der Waals surface area (Å²) in [5.74, 6) is -2.04. The average molecular weight is 633 g/mol. The van der Waals surface area contributed by atoms with Crippen molar-refractivity contribution < 1.29 is 28.8 Å². The molecule has 3 amide bonds. The highest BCUT2D eigenvalue weighted by molar-refractivity contribution is 5.93. The molecule has 0 radical (unpaired) electrons. The van der Waals surface area contributed by atoms with Gasteiger partial charge < -0.3 is 20.2 Å². The number of nitrogens with one attached hydrogen (secondary N) is 3. The molecule has 5 bridgehead atoms. The van der Waals surface area contributed by atoms with Crippen molar-refractivity contribution in [2.75, 3.05) is 13.7 Å². The predicted octanol–water partition coefficient (Wildman–Crippen LogP) is 3.57. The lowest BCUT2D eigenvalue weighted by atomic mass is 9.73. The smallest absolute Gasteiger partial charge is 0.316 e. The normalized spacial score (nSPS) is 28.2. The number of esters is 1. The van der Waals surface area contributed by atoms with Crippen LogP contribution in [0.4, 0.5) is 0 Å². The second-order valence-corrected chi connectivity index (χ2v) is 12.9. The topological polar surface area (TPSA) is 151 Å². The Kier molecular flexibility index (Phi) is 10.0. The number of hydrogen-bond donors (Lipinski definition) is 3. The molecule has 46 heavy (non-hydrogen) atoms. The number of hydrogen-bond acceptors (Lipinski definition) is 9. The largest absolute Gasteiger partial charge is 0.451 e. The van der Waals surface area contributed by atoms with Crippen LogP contribution in [0.2, 0.25) is 0 Å². The quantitative estimate of drug-likeness (QED) is 0.336. The van der Waals surface area contributed by atoms with Gasteiger partial charge >= 0.3 is 5.97 Å². The van der Waals surface area contributed by atoms with Gasteiger partial charge in [0, 0.05) is 11.9 Å². The van der Waals surface area contributed by atoms with E-state index in [1.165, 1.54) is 12.1 Å². The summed E-state index contributed by atoms with van der Waals surface area (Å²) >= 11 is 0. The molecule has 1 aromatic carbocycles. The van der Waals surface area contributed by atoms with Crippen LogP contribution in [-0.2, 0) is 28.8 Å². The Balaban J connectivity index is 1.53. The average Bonchev–Trinajstić information content (AvgIpc) is 3.05. The fraction of sp³-hybridized carbons (Fsp3) is 0.529. The molecule has 1 aromatic heterocycles. The maximum atomic E-state index is 14.0. The molecule has 3 heterocycles. The Morgan fingerprint density at radius 1 is 1.02 bits per heavy atom. The second-order valence-electron chi connectivity index (χ2n) is 12.9. The molecule has 4 unspecified atom stereocenters. The number of fused-ring (bicyclic) bond motifs is 4. The van der Waals surface area contributed by atoms with Crippen molar-refractivity contribution in [3.05, 3.63) is 47.7 Å². The van der Waals surface area contributed by atoms with Gasteiger partial charge in [0.25, 0.3) is 11.8 Å². The van der Waals surface area contributed by atoms with Gasteiger partial charge in [-0.05, 0) is 76.0 Å². The first-order chi connectivity index (χ1) is 22.0. The first kappa shape index (κ1) is 33.1. The van der Waals surface area contributed by atoms with E-state index in [-0.39, 0.29) is 23.8 Å². The number of carbonyl (C=O) groups is 4. The van der Waals surface area contributed by atoms with E-state index in [0.29, 0.717) is 50.8 Å². The van der Waals surface area contributed by atoms with E-state index in [0.717, 1.165) is 22.2 Å². The number of amides is 3. The number of nitrogens with zero attached hydrogens (tertiary/aromatic N) is 3. The summed E-state index contributed by atoms with van der Waals surface area (Å²) in [6, 6.07) is 7.81. The molecule has 2 aromatic rings. The van der Waals surface area contributed by atoms with Crippen LogP contribution < -0.4 is 16.1 Å². The summed E-state index contributed by atoms with van der Waals surface area (Å²) in [4.78, 5) is 64.1. The van der Waals surface area contributed by atoms with Crippen molar-refractivity contribution in [2.24, 2.45) is 16.5 Å². The van der Waals surface area contributed by atoms with Crippen molar-refractivity contribution in [3.63, 3.8) is 0 Å². The molecule has 2 aliphatic heterocycles. The van der Waals surface area contributed by atoms with E-state index in [9.17, 15) is 19.2 Å². The standard InChI is InChI=1S/C34H44N6O6/c1-20(2)29-31(42)36-22(4)32(43)40-18-6-7-27(38-40)30(41)35-21(3)26-11-10-24-9-8-23(19-28(24)37-26)12-15-34(33(44)46-29)16-13-25(14-17-34)39-45-5/h8-12,15,19-22,27,29,38H,6-7,13-14,16-18H2,1-5H3,(H,35,41)(H,36,42). The third kappa shape index (κ3) is 7.22. The Morgan fingerprint density at radius 2 is 1.74 bits per heavy atom. The van der Waals surface area contributed by atoms with Gasteiger partial charge in [-0.1, -0.05) is 49.4 Å². The molecule has 1 saturated carbocycles. The van der Waals surface area contributed by atoms with Crippen LogP contribution in [0.25, 0.3) is 17.0 Å². The summed E-state index contributed by atoms with van der Waals surface area (Å²) in [7, 11) is 1.50. The molecule has 2 fully saturated rings. The number of carbonyl (C=O) groups excluding carboxylic acids is 4. The molecular weight excluding hydrogens is 588 g/mol. The second kappa shape index (κ2) is 14.0. The van der Waals surface area contributed by atoms with Crippen LogP contribution in [-0.4, -0.2) is 71.2 Å². The Morgan fingerprint density at radius 3 is 2.46 bits per heavy atom. The summed E-state index contributed by atoms with van der Waals surface area (Å²) in [5.41, 5.74) is 5.19. The fourth-order valence-electron chi connectivity index (χ4n) is 6.23. The lowest BCUT2D eigenvalue weighted by Gasteiger charge is -2.36. The maximum Gasteiger partial charge on any atom is 0.316 e. The zero-order valence-electron chi connectivity index (χ0n) is 27.2. The number of rotatable bonds is 2. The summed E-state index contributed by atoms with van der Waals surface area (Å²) < 4.78 is 6.00. The Labute approximate surface area is 269 Å². The van der Waals surface area contributed by atoms with Gasteiger partial charge in [0.15, 0.2) is 6.10 Å². The van der Waals surface area contributed by atoms with Crippen LogP contribution in [0.3, 0.4) is 0 Å². The number of hydrazine groups is 1. The van der Waals surface area contributed by atoms with Crippen LogP contribution in [0.5, 0.6) is 0 Å². The van der Waals surface area contributed by atoms with Crippen LogP contribution in [0.15, 0.2) is 41.6 Å². The van der Waals surface area contributed by atoms with Crippen molar-refractivity contribution in [2.45, 2.75) is 90.4 Å². The molecule has 4 atom stereocenters. The molecule has 1 saturated heterocycles. The third-order valence-corrected chi connectivity index (χ3v) is 9.08. The number of ether oxygens (including phenoxy) is 1. The zero-order valence-corrected chi connectivity index (χ0v) is 27.2. The molecule has 3 aliphatic rings. The monoisotopic (exact) mass is 632 g/mol. The molecule has 246 valence electrons. The lowest BCUT2D eigenvalue weighted by molar-refractivity contribution is -0.167. The van der Waals surface area contributed by atoms with E-state index in [1.807, 2.05) is 49.4 Å². The van der Waals surface area contributed by atoms with Crippen molar-refractivity contribution in [1.82, 2.24) is 26.1 Å². The third-order valence-electron chi connectivity index (χ3n) is 9.08. The van der Waals surface area contributed by atoms with Gasteiger partial charge in [-0.3, -0.25) is 29.2 Å². The number of aromatic nitrogens is 1. The molecular formula is C34H44N6O6. The zero-order chi connectivity index (χ0) is 33.0. The van der Waals surface area contributed by atoms with Gasteiger partial charge in [-0.2, -0.15) is 0 Å². The van der Waals surface area contributed by atoms with Gasteiger partial charge in [0.1, 0.15) is 19.2 Å². The predicted molar refractivity (Wildman–Crippen MR) is 173 cm³/mol. The Bertz CT molecular complexity index is 1540.